The molecule has 1 saturated heterocycles. The van der Waals surface area contributed by atoms with Gasteiger partial charge in [-0.15, -0.1) is 11.8 Å². The van der Waals surface area contributed by atoms with Crippen molar-refractivity contribution >= 4 is 39.3 Å². The first-order valence-electron chi connectivity index (χ1n) is 11.9. The largest absolute Gasteiger partial charge is 0.348 e. The molecule has 5 rings (SSSR count). The lowest BCUT2D eigenvalue weighted by Crippen LogP contribution is -2.44. The summed E-state index contributed by atoms with van der Waals surface area (Å²) in [7, 11) is -3.64. The van der Waals surface area contributed by atoms with Crippen LogP contribution in [0.2, 0.25) is 0 Å². The number of fused-ring (bicyclic) bond motifs is 2. The molecule has 0 saturated carbocycles. The minimum Gasteiger partial charge on any atom is -0.348 e. The molecule has 1 atom stereocenters. The van der Waals surface area contributed by atoms with Crippen molar-refractivity contribution in [1.82, 2.24) is 9.62 Å². The maximum atomic E-state index is 13.2. The van der Waals surface area contributed by atoms with Gasteiger partial charge in [-0.05, 0) is 61.4 Å². The van der Waals surface area contributed by atoms with E-state index in [0.717, 1.165) is 49.0 Å². The molecule has 0 bridgehead atoms. The third kappa shape index (κ3) is 4.61. The van der Waals surface area contributed by atoms with Gasteiger partial charge in [-0.2, -0.15) is 4.31 Å². The van der Waals surface area contributed by atoms with E-state index in [1.165, 1.54) is 26.5 Å². The Labute approximate surface area is 204 Å². The van der Waals surface area contributed by atoms with Crippen molar-refractivity contribution < 1.29 is 18.0 Å². The highest BCUT2D eigenvalue weighted by molar-refractivity contribution is 8.00. The van der Waals surface area contributed by atoms with Crippen molar-refractivity contribution in [3.63, 3.8) is 0 Å². The standard InChI is InChI=1S/C25H29N3O4S2/c29-24(26-21-10-6-8-18-7-2-3-9-20(18)21)16-28-22-15-19(11-12-23(22)33-17-25(28)30)34(31,32)27-13-4-1-5-14-27/h2-3,7,9,11-12,15,21H,1,4-6,8,10,13-14,16-17H2,(H,26,29)/t21-/m0/s1. The van der Waals surface area contributed by atoms with Crippen molar-refractivity contribution in [2.45, 2.75) is 54.4 Å². The smallest absolute Gasteiger partial charge is 0.243 e. The van der Waals surface area contributed by atoms with Gasteiger partial charge in [-0.1, -0.05) is 30.7 Å². The molecule has 3 aliphatic rings. The molecular formula is C25H29N3O4S2. The zero-order valence-corrected chi connectivity index (χ0v) is 20.7. The van der Waals surface area contributed by atoms with Gasteiger partial charge in [0.25, 0.3) is 0 Å². The van der Waals surface area contributed by atoms with E-state index < -0.39 is 10.0 Å². The van der Waals surface area contributed by atoms with Crippen LogP contribution >= 0.6 is 11.8 Å². The average Bonchev–Trinajstić information content (AvgIpc) is 2.86. The number of sulfonamides is 1. The molecule has 1 N–H and O–H groups in total. The summed E-state index contributed by atoms with van der Waals surface area (Å²) in [5, 5.41) is 3.10. The molecule has 2 aromatic carbocycles. The summed E-state index contributed by atoms with van der Waals surface area (Å²) >= 11 is 1.38. The highest BCUT2D eigenvalue weighted by atomic mass is 32.2. The van der Waals surface area contributed by atoms with Crippen LogP contribution in [0.3, 0.4) is 0 Å². The highest BCUT2D eigenvalue weighted by Crippen LogP contribution is 2.38. The Morgan fingerprint density at radius 2 is 1.85 bits per heavy atom. The SMILES string of the molecule is O=C(CN1C(=O)CSc2ccc(S(=O)(=O)N3CCCCC3)cc21)N[C@H]1CCCc2ccccc21. The molecule has 2 amide bonds. The molecule has 9 heteroatoms. The van der Waals surface area contributed by atoms with E-state index in [4.69, 9.17) is 0 Å². The lowest BCUT2D eigenvalue weighted by Gasteiger charge is -2.31. The summed E-state index contributed by atoms with van der Waals surface area (Å²) in [4.78, 5) is 28.3. The van der Waals surface area contributed by atoms with Crippen molar-refractivity contribution in [2.24, 2.45) is 0 Å². The minimum absolute atomic E-state index is 0.0722. The van der Waals surface area contributed by atoms with E-state index in [2.05, 4.69) is 17.4 Å². The molecular weight excluding hydrogens is 470 g/mol. The summed E-state index contributed by atoms with van der Waals surface area (Å²) in [5.74, 6) is -0.202. The van der Waals surface area contributed by atoms with Crippen LogP contribution in [0.25, 0.3) is 0 Å². The predicted molar refractivity (Wildman–Crippen MR) is 132 cm³/mol. The van der Waals surface area contributed by atoms with Gasteiger partial charge in [0, 0.05) is 18.0 Å². The molecule has 2 heterocycles. The van der Waals surface area contributed by atoms with Gasteiger partial charge in [-0.25, -0.2) is 8.42 Å². The summed E-state index contributed by atoms with van der Waals surface area (Å²) in [6.07, 6.45) is 5.62. The van der Waals surface area contributed by atoms with E-state index in [1.807, 2.05) is 12.1 Å². The van der Waals surface area contributed by atoms with Crippen LogP contribution in [-0.2, 0) is 26.0 Å². The topological polar surface area (TPSA) is 86.8 Å². The van der Waals surface area contributed by atoms with Crippen molar-refractivity contribution in [1.29, 1.82) is 0 Å². The van der Waals surface area contributed by atoms with Gasteiger partial charge in [0.1, 0.15) is 6.54 Å². The minimum atomic E-state index is -3.64. The molecule has 0 aromatic heterocycles. The zero-order valence-electron chi connectivity index (χ0n) is 19.0. The molecule has 34 heavy (non-hydrogen) atoms. The number of benzene rings is 2. The maximum absolute atomic E-state index is 13.2. The number of nitrogens with zero attached hydrogens (tertiary/aromatic N) is 2. The van der Waals surface area contributed by atoms with E-state index in [-0.39, 0.29) is 35.0 Å². The Bertz CT molecular complexity index is 1210. The lowest BCUT2D eigenvalue weighted by molar-refractivity contribution is -0.123. The molecule has 1 fully saturated rings. The Balaban J connectivity index is 1.37. The van der Waals surface area contributed by atoms with E-state index in [1.54, 1.807) is 18.2 Å². The van der Waals surface area contributed by atoms with Crippen LogP contribution in [-0.4, -0.2) is 49.9 Å². The van der Waals surface area contributed by atoms with E-state index in [0.29, 0.717) is 18.8 Å². The van der Waals surface area contributed by atoms with Crippen molar-refractivity contribution in [2.75, 3.05) is 30.3 Å². The number of nitrogens with one attached hydrogen (secondary N) is 1. The molecule has 0 radical (unpaired) electrons. The van der Waals surface area contributed by atoms with Gasteiger partial charge >= 0.3 is 0 Å². The second-order valence-electron chi connectivity index (χ2n) is 9.07. The number of amides is 2. The molecule has 2 aliphatic heterocycles. The first-order valence-corrected chi connectivity index (χ1v) is 14.3. The Kier molecular flexibility index (Phi) is 6.68. The third-order valence-corrected chi connectivity index (χ3v) is 9.77. The Morgan fingerprint density at radius 3 is 2.68 bits per heavy atom. The Hall–Kier alpha value is -2.36. The number of hydrogen-bond acceptors (Lipinski definition) is 5. The number of hydrogen-bond donors (Lipinski definition) is 1. The summed E-state index contributed by atoms with van der Waals surface area (Å²) < 4.78 is 27.9. The van der Waals surface area contributed by atoms with Gasteiger partial charge in [0.05, 0.1) is 22.4 Å². The van der Waals surface area contributed by atoms with Gasteiger partial charge < -0.3 is 10.2 Å². The van der Waals surface area contributed by atoms with Crippen molar-refractivity contribution in [3.8, 4) is 0 Å². The number of carbonyl (C=O) groups is 2. The van der Waals surface area contributed by atoms with Crippen molar-refractivity contribution in [3.05, 3.63) is 53.6 Å². The number of aryl methyl sites for hydroxylation is 1. The first-order chi connectivity index (χ1) is 16.4. The second-order valence-corrected chi connectivity index (χ2v) is 12.0. The molecule has 7 nitrogen and oxygen atoms in total. The number of anilines is 1. The molecule has 0 spiro atoms. The highest BCUT2D eigenvalue weighted by Gasteiger charge is 2.32. The zero-order chi connectivity index (χ0) is 23.7. The van der Waals surface area contributed by atoms with Crippen LogP contribution in [0, 0.1) is 0 Å². The third-order valence-electron chi connectivity index (χ3n) is 6.83. The van der Waals surface area contributed by atoms with Gasteiger partial charge in [-0.3, -0.25) is 9.59 Å². The normalized spacial score (nSPS) is 21.0. The molecule has 180 valence electrons. The summed E-state index contributed by atoms with van der Waals surface area (Å²) in [6, 6.07) is 13.0. The van der Waals surface area contributed by atoms with Gasteiger partial charge in [0.15, 0.2) is 0 Å². The van der Waals surface area contributed by atoms with Crippen LogP contribution in [0.15, 0.2) is 52.3 Å². The average molecular weight is 500 g/mol. The molecule has 2 aromatic rings. The fourth-order valence-electron chi connectivity index (χ4n) is 5.06. The second kappa shape index (κ2) is 9.71. The molecule has 1 aliphatic carbocycles. The monoisotopic (exact) mass is 499 g/mol. The van der Waals surface area contributed by atoms with Crippen LogP contribution in [0.1, 0.15) is 49.3 Å². The maximum Gasteiger partial charge on any atom is 0.243 e. The lowest BCUT2D eigenvalue weighted by atomic mass is 9.88. The van der Waals surface area contributed by atoms with Crippen LogP contribution in [0.5, 0.6) is 0 Å². The van der Waals surface area contributed by atoms with Crippen LogP contribution < -0.4 is 10.2 Å². The van der Waals surface area contributed by atoms with Gasteiger partial charge in [0.2, 0.25) is 21.8 Å². The number of thioether (sulfide) groups is 1. The fourth-order valence-corrected chi connectivity index (χ4v) is 7.51. The number of carbonyl (C=O) groups excluding carboxylic acids is 2. The summed E-state index contributed by atoms with van der Waals surface area (Å²) in [5.41, 5.74) is 2.89. The first kappa shape index (κ1) is 23.4. The van der Waals surface area contributed by atoms with Crippen LogP contribution in [0.4, 0.5) is 5.69 Å². The van der Waals surface area contributed by atoms with E-state index in [9.17, 15) is 18.0 Å². The summed E-state index contributed by atoms with van der Waals surface area (Å²) in [6.45, 7) is 0.905. The number of rotatable bonds is 5. The predicted octanol–water partition coefficient (Wildman–Crippen LogP) is 3.49. The number of piperidine rings is 1. The quantitative estimate of drug-likeness (QED) is 0.681. The van der Waals surface area contributed by atoms with E-state index >= 15 is 0 Å². The molecule has 0 unspecified atom stereocenters. The Morgan fingerprint density at radius 1 is 1.06 bits per heavy atom. The fraction of sp³-hybridized carbons (Fsp3) is 0.440.